The van der Waals surface area contributed by atoms with Gasteiger partial charge in [0.1, 0.15) is 0 Å². The van der Waals surface area contributed by atoms with Gasteiger partial charge >= 0.3 is 0 Å². The zero-order valence-corrected chi connectivity index (χ0v) is 15.3. The Bertz CT molecular complexity index is 530. The fourth-order valence-corrected chi connectivity index (χ4v) is 3.96. The number of hydrogen-bond acceptors (Lipinski definition) is 4. The lowest BCUT2D eigenvalue weighted by atomic mass is 9.78. The van der Waals surface area contributed by atoms with Gasteiger partial charge in [-0.05, 0) is 74.5 Å². The minimum absolute atomic E-state index is 0. The van der Waals surface area contributed by atoms with E-state index in [2.05, 4.69) is 29.3 Å². The van der Waals surface area contributed by atoms with E-state index in [9.17, 15) is 0 Å². The monoisotopic (exact) mass is 340 g/mol. The zero-order chi connectivity index (χ0) is 15.6. The van der Waals surface area contributed by atoms with Crippen molar-refractivity contribution in [1.82, 2.24) is 10.2 Å². The number of ether oxygens (including phenoxy) is 2. The third-order valence-electron chi connectivity index (χ3n) is 5.42. The van der Waals surface area contributed by atoms with E-state index < -0.39 is 0 Å². The number of likely N-dealkylation sites (tertiary alicyclic amines) is 1. The molecule has 0 atom stereocenters. The molecule has 5 heteroatoms. The molecule has 0 aliphatic carbocycles. The Morgan fingerprint density at radius 2 is 1.74 bits per heavy atom. The number of hydrogen-bond donors (Lipinski definition) is 1. The highest BCUT2D eigenvalue weighted by atomic mass is 35.5. The summed E-state index contributed by atoms with van der Waals surface area (Å²) in [4.78, 5) is 2.61. The largest absolute Gasteiger partial charge is 0.493 e. The molecule has 2 heterocycles. The number of aryl methyl sites for hydroxylation is 1. The van der Waals surface area contributed by atoms with E-state index in [0.29, 0.717) is 5.41 Å². The zero-order valence-electron chi connectivity index (χ0n) is 14.5. The van der Waals surface area contributed by atoms with Crippen molar-refractivity contribution in [2.24, 2.45) is 5.41 Å². The van der Waals surface area contributed by atoms with Crippen LogP contribution in [0.25, 0.3) is 0 Å². The van der Waals surface area contributed by atoms with Crippen LogP contribution in [0.15, 0.2) is 12.1 Å². The minimum Gasteiger partial charge on any atom is -0.493 e. The second-order valence-electron chi connectivity index (χ2n) is 6.84. The van der Waals surface area contributed by atoms with Crippen LogP contribution in [0.4, 0.5) is 0 Å². The number of nitrogens with one attached hydrogen (secondary N) is 1. The fourth-order valence-electron chi connectivity index (χ4n) is 3.96. The Kier molecular flexibility index (Phi) is 6.18. The molecular formula is C18H29ClN2O2. The molecule has 0 bridgehead atoms. The van der Waals surface area contributed by atoms with Crippen molar-refractivity contribution in [2.45, 2.75) is 32.7 Å². The molecule has 1 aromatic carbocycles. The van der Waals surface area contributed by atoms with Gasteiger partial charge in [0.25, 0.3) is 0 Å². The molecule has 1 spiro atoms. The van der Waals surface area contributed by atoms with Crippen LogP contribution in [0.1, 0.15) is 30.4 Å². The van der Waals surface area contributed by atoms with Crippen molar-refractivity contribution < 1.29 is 9.47 Å². The van der Waals surface area contributed by atoms with Crippen molar-refractivity contribution in [3.8, 4) is 11.5 Å². The quantitative estimate of drug-likeness (QED) is 0.913. The molecule has 0 aromatic heterocycles. The first kappa shape index (κ1) is 18.4. The number of nitrogens with zero attached hydrogens (tertiary/aromatic N) is 1. The topological polar surface area (TPSA) is 33.7 Å². The van der Waals surface area contributed by atoms with Crippen LogP contribution >= 0.6 is 12.4 Å². The van der Waals surface area contributed by atoms with Crippen LogP contribution in [0.5, 0.6) is 11.5 Å². The lowest BCUT2D eigenvalue weighted by Crippen LogP contribution is -2.38. The predicted octanol–water partition coefficient (Wildman–Crippen LogP) is 3.01. The van der Waals surface area contributed by atoms with E-state index in [-0.39, 0.29) is 12.4 Å². The number of methoxy groups -OCH3 is 2. The van der Waals surface area contributed by atoms with Crippen LogP contribution in [-0.4, -0.2) is 45.3 Å². The average molecular weight is 341 g/mol. The summed E-state index contributed by atoms with van der Waals surface area (Å²) in [5.41, 5.74) is 3.20. The Hall–Kier alpha value is -0.970. The van der Waals surface area contributed by atoms with Gasteiger partial charge < -0.3 is 14.8 Å². The molecule has 0 amide bonds. The molecule has 2 saturated heterocycles. The van der Waals surface area contributed by atoms with Crippen LogP contribution in [0.3, 0.4) is 0 Å². The van der Waals surface area contributed by atoms with Crippen LogP contribution in [0.2, 0.25) is 0 Å². The van der Waals surface area contributed by atoms with Gasteiger partial charge in [0.2, 0.25) is 0 Å². The first-order valence-electron chi connectivity index (χ1n) is 8.30. The van der Waals surface area contributed by atoms with Gasteiger partial charge in [-0.15, -0.1) is 12.4 Å². The Morgan fingerprint density at radius 3 is 2.39 bits per heavy atom. The van der Waals surface area contributed by atoms with Crippen LogP contribution < -0.4 is 14.8 Å². The summed E-state index contributed by atoms with van der Waals surface area (Å²) in [6.07, 6.45) is 4.00. The third kappa shape index (κ3) is 3.93. The first-order chi connectivity index (χ1) is 10.7. The Labute approximate surface area is 145 Å². The molecule has 130 valence electrons. The number of rotatable bonds is 4. The highest BCUT2D eigenvalue weighted by molar-refractivity contribution is 5.85. The maximum Gasteiger partial charge on any atom is 0.161 e. The minimum atomic E-state index is 0. The molecule has 4 nitrogen and oxygen atoms in total. The third-order valence-corrected chi connectivity index (χ3v) is 5.42. The maximum atomic E-state index is 5.45. The van der Waals surface area contributed by atoms with E-state index in [0.717, 1.165) is 18.0 Å². The van der Waals surface area contributed by atoms with Gasteiger partial charge in [-0.25, -0.2) is 0 Å². The van der Waals surface area contributed by atoms with Crippen molar-refractivity contribution in [2.75, 3.05) is 40.4 Å². The molecule has 3 rings (SSSR count). The molecule has 1 N–H and O–H groups in total. The predicted molar refractivity (Wildman–Crippen MR) is 96.0 cm³/mol. The number of piperidine rings is 1. The van der Waals surface area contributed by atoms with E-state index in [1.165, 1.54) is 56.6 Å². The molecule has 0 radical (unpaired) electrons. The fraction of sp³-hybridized carbons (Fsp3) is 0.667. The summed E-state index contributed by atoms with van der Waals surface area (Å²) >= 11 is 0. The first-order valence-corrected chi connectivity index (χ1v) is 8.30. The summed E-state index contributed by atoms with van der Waals surface area (Å²) in [6, 6.07) is 4.23. The van der Waals surface area contributed by atoms with E-state index in [1.54, 1.807) is 14.2 Å². The Balaban J connectivity index is 0.00000192. The second kappa shape index (κ2) is 7.73. The summed E-state index contributed by atoms with van der Waals surface area (Å²) in [5, 5.41) is 3.49. The van der Waals surface area contributed by atoms with Crippen LogP contribution in [-0.2, 0) is 6.54 Å². The molecule has 1 aromatic rings. The Morgan fingerprint density at radius 1 is 1.09 bits per heavy atom. The summed E-state index contributed by atoms with van der Waals surface area (Å²) in [6.45, 7) is 8.00. The molecule has 2 aliphatic rings. The molecule has 23 heavy (non-hydrogen) atoms. The van der Waals surface area contributed by atoms with Gasteiger partial charge in [0.15, 0.2) is 11.5 Å². The normalized spacial score (nSPS) is 20.3. The van der Waals surface area contributed by atoms with E-state index >= 15 is 0 Å². The molecular weight excluding hydrogens is 312 g/mol. The lowest BCUT2D eigenvalue weighted by Gasteiger charge is -2.34. The van der Waals surface area contributed by atoms with Crippen LogP contribution in [0, 0.1) is 12.3 Å². The smallest absolute Gasteiger partial charge is 0.161 e. The summed E-state index contributed by atoms with van der Waals surface area (Å²) in [5.74, 6) is 1.65. The van der Waals surface area contributed by atoms with E-state index in [1.807, 2.05) is 0 Å². The maximum absolute atomic E-state index is 5.45. The molecule has 0 saturated carbocycles. The molecule has 0 unspecified atom stereocenters. The highest BCUT2D eigenvalue weighted by Gasteiger charge is 2.38. The second-order valence-corrected chi connectivity index (χ2v) is 6.84. The van der Waals surface area contributed by atoms with Gasteiger partial charge in [-0.2, -0.15) is 0 Å². The molecule has 2 aliphatic heterocycles. The lowest BCUT2D eigenvalue weighted by molar-refractivity contribution is 0.193. The summed E-state index contributed by atoms with van der Waals surface area (Å²) in [7, 11) is 3.40. The summed E-state index contributed by atoms with van der Waals surface area (Å²) < 4.78 is 10.8. The average Bonchev–Trinajstić information content (AvgIpc) is 2.91. The molecule has 2 fully saturated rings. The number of halogens is 1. The highest BCUT2D eigenvalue weighted by Crippen LogP contribution is 2.39. The van der Waals surface area contributed by atoms with Gasteiger partial charge in [0.05, 0.1) is 14.2 Å². The van der Waals surface area contributed by atoms with E-state index in [4.69, 9.17) is 9.47 Å². The van der Waals surface area contributed by atoms with Gasteiger partial charge in [0, 0.05) is 13.1 Å². The van der Waals surface area contributed by atoms with Crippen molar-refractivity contribution in [3.05, 3.63) is 23.3 Å². The standard InChI is InChI=1S/C18H28N2O2.ClH/c1-14-10-16(21-2)17(22-3)11-15(14)12-20-9-6-18(13-20)4-7-19-8-5-18;/h10-11,19H,4-9,12-13H2,1-3H3;1H. The van der Waals surface area contributed by atoms with Crippen molar-refractivity contribution in [1.29, 1.82) is 0 Å². The number of benzene rings is 1. The SMILES string of the molecule is COc1cc(C)c(CN2CCC3(CCNCC3)C2)cc1OC.Cl. The van der Waals surface area contributed by atoms with Gasteiger partial charge in [-0.3, -0.25) is 4.90 Å². The van der Waals surface area contributed by atoms with Gasteiger partial charge in [-0.1, -0.05) is 0 Å². The van der Waals surface area contributed by atoms with Crippen molar-refractivity contribution in [3.63, 3.8) is 0 Å². The van der Waals surface area contributed by atoms with Crippen molar-refractivity contribution >= 4 is 12.4 Å².